The number of nitrogens with one attached hydrogen (secondary N) is 1. The van der Waals surface area contributed by atoms with Crippen molar-refractivity contribution in [1.82, 2.24) is 0 Å². The SMILES string of the molecule is CC(C)BC(C)(C)OC=N. The maximum Gasteiger partial charge on any atom is 0.179 e. The smallest absolute Gasteiger partial charge is 0.179 e. The lowest BCUT2D eigenvalue weighted by molar-refractivity contribution is 0.188. The summed E-state index contributed by atoms with van der Waals surface area (Å²) in [6, 6.07) is 0. The molecule has 0 saturated heterocycles. The molecule has 2 nitrogen and oxygen atoms in total. The van der Waals surface area contributed by atoms with Crippen molar-refractivity contribution in [2.45, 2.75) is 39.0 Å². The van der Waals surface area contributed by atoms with Crippen molar-refractivity contribution in [1.29, 1.82) is 5.41 Å². The lowest BCUT2D eigenvalue weighted by Gasteiger charge is -2.23. The Morgan fingerprint density at radius 3 is 2.30 bits per heavy atom. The Balaban J connectivity index is 3.73. The summed E-state index contributed by atoms with van der Waals surface area (Å²) in [5, 5.41) is 6.76. The monoisotopic (exact) mass is 141 g/mol. The van der Waals surface area contributed by atoms with E-state index in [9.17, 15) is 0 Å². The van der Waals surface area contributed by atoms with Crippen LogP contribution in [0.5, 0.6) is 0 Å². The van der Waals surface area contributed by atoms with E-state index in [-0.39, 0.29) is 5.50 Å². The highest BCUT2D eigenvalue weighted by Gasteiger charge is 2.21. The molecule has 58 valence electrons. The summed E-state index contributed by atoms with van der Waals surface area (Å²) < 4.78 is 5.08. The zero-order chi connectivity index (χ0) is 8.20. The van der Waals surface area contributed by atoms with E-state index in [4.69, 9.17) is 10.1 Å². The van der Waals surface area contributed by atoms with Gasteiger partial charge < -0.3 is 4.74 Å². The van der Waals surface area contributed by atoms with Crippen LogP contribution in [-0.2, 0) is 4.74 Å². The van der Waals surface area contributed by atoms with Crippen LogP contribution in [0.2, 0.25) is 5.82 Å². The van der Waals surface area contributed by atoms with Crippen LogP contribution in [-0.4, -0.2) is 19.2 Å². The van der Waals surface area contributed by atoms with E-state index in [1.807, 2.05) is 13.8 Å². The van der Waals surface area contributed by atoms with Crippen molar-refractivity contribution < 1.29 is 4.74 Å². The average molecular weight is 141 g/mol. The normalized spacial score (nSPS) is 11.3. The average Bonchev–Trinajstić information content (AvgIpc) is 1.59. The first-order chi connectivity index (χ1) is 4.48. The lowest BCUT2D eigenvalue weighted by Crippen LogP contribution is -2.33. The molecule has 0 aromatic heterocycles. The van der Waals surface area contributed by atoms with Crippen molar-refractivity contribution in [3.8, 4) is 0 Å². The van der Waals surface area contributed by atoms with E-state index in [2.05, 4.69) is 13.8 Å². The summed E-state index contributed by atoms with van der Waals surface area (Å²) in [5.74, 6) is 0.620. The van der Waals surface area contributed by atoms with Gasteiger partial charge in [-0.2, -0.15) is 0 Å². The molecule has 0 aliphatic carbocycles. The molecular weight excluding hydrogens is 125 g/mol. The Morgan fingerprint density at radius 2 is 2.00 bits per heavy atom. The van der Waals surface area contributed by atoms with Crippen molar-refractivity contribution >= 4 is 13.7 Å². The van der Waals surface area contributed by atoms with Gasteiger partial charge in [-0.05, 0) is 13.8 Å². The molecule has 0 fully saturated rings. The van der Waals surface area contributed by atoms with Crippen LogP contribution < -0.4 is 0 Å². The van der Waals surface area contributed by atoms with Gasteiger partial charge in [-0.1, -0.05) is 19.7 Å². The largest absolute Gasteiger partial charge is 0.487 e. The topological polar surface area (TPSA) is 33.1 Å². The summed E-state index contributed by atoms with van der Waals surface area (Å²) in [7, 11) is 0.988. The van der Waals surface area contributed by atoms with Crippen LogP contribution in [0.3, 0.4) is 0 Å². The van der Waals surface area contributed by atoms with Crippen molar-refractivity contribution in [2.24, 2.45) is 0 Å². The second-order valence-electron chi connectivity index (χ2n) is 3.59. The van der Waals surface area contributed by atoms with Crippen LogP contribution in [0.15, 0.2) is 0 Å². The van der Waals surface area contributed by atoms with Gasteiger partial charge in [0.05, 0.1) is 5.50 Å². The lowest BCUT2D eigenvalue weighted by atomic mass is 9.54. The minimum atomic E-state index is -0.171. The molecule has 10 heavy (non-hydrogen) atoms. The van der Waals surface area contributed by atoms with Gasteiger partial charge in [0.25, 0.3) is 0 Å². The van der Waals surface area contributed by atoms with Crippen LogP contribution >= 0.6 is 0 Å². The van der Waals surface area contributed by atoms with Crippen LogP contribution in [0, 0.1) is 5.41 Å². The van der Waals surface area contributed by atoms with E-state index in [1.165, 1.54) is 0 Å². The molecule has 0 aliphatic heterocycles. The highest BCUT2D eigenvalue weighted by Crippen LogP contribution is 2.12. The molecular formula is C7H16BNO. The van der Waals surface area contributed by atoms with Crippen LogP contribution in [0.25, 0.3) is 0 Å². The first kappa shape index (κ1) is 9.53. The molecule has 0 atom stereocenters. The first-order valence-electron chi connectivity index (χ1n) is 3.65. The number of ether oxygens (including phenoxy) is 1. The minimum Gasteiger partial charge on any atom is -0.487 e. The Kier molecular flexibility index (Phi) is 3.47. The summed E-state index contributed by atoms with van der Waals surface area (Å²) in [6.45, 7) is 8.29. The van der Waals surface area contributed by atoms with E-state index in [0.717, 1.165) is 13.7 Å². The molecule has 0 aromatic rings. The first-order valence-corrected chi connectivity index (χ1v) is 3.65. The van der Waals surface area contributed by atoms with Gasteiger partial charge in [0.15, 0.2) is 13.7 Å². The van der Waals surface area contributed by atoms with Gasteiger partial charge in [0.1, 0.15) is 0 Å². The number of rotatable bonds is 4. The van der Waals surface area contributed by atoms with Crippen molar-refractivity contribution in [3.05, 3.63) is 0 Å². The van der Waals surface area contributed by atoms with Gasteiger partial charge >= 0.3 is 0 Å². The van der Waals surface area contributed by atoms with Gasteiger partial charge in [-0.25, -0.2) is 0 Å². The molecule has 1 N–H and O–H groups in total. The van der Waals surface area contributed by atoms with Crippen LogP contribution in [0.4, 0.5) is 0 Å². The van der Waals surface area contributed by atoms with E-state index in [0.29, 0.717) is 5.82 Å². The predicted molar refractivity (Wildman–Crippen MR) is 46.2 cm³/mol. The molecule has 0 radical (unpaired) electrons. The molecule has 0 rings (SSSR count). The third-order valence-electron chi connectivity index (χ3n) is 1.28. The number of hydrogen-bond acceptors (Lipinski definition) is 2. The maximum atomic E-state index is 6.76. The summed E-state index contributed by atoms with van der Waals surface area (Å²) in [4.78, 5) is 0. The summed E-state index contributed by atoms with van der Waals surface area (Å²) >= 11 is 0. The van der Waals surface area contributed by atoms with Gasteiger partial charge in [0.2, 0.25) is 0 Å². The zero-order valence-corrected chi connectivity index (χ0v) is 7.27. The predicted octanol–water partition coefficient (Wildman–Crippen LogP) is 1.61. The van der Waals surface area contributed by atoms with E-state index < -0.39 is 0 Å². The molecule has 0 saturated carbocycles. The third-order valence-corrected chi connectivity index (χ3v) is 1.28. The third kappa shape index (κ3) is 4.42. The van der Waals surface area contributed by atoms with Gasteiger partial charge in [-0.15, -0.1) is 0 Å². The Labute approximate surface area is 63.7 Å². The van der Waals surface area contributed by atoms with E-state index >= 15 is 0 Å². The highest BCUT2D eigenvalue weighted by atomic mass is 16.5. The minimum absolute atomic E-state index is 0.171. The molecule has 0 aliphatic rings. The second kappa shape index (κ2) is 3.64. The standard InChI is InChI=1S/C7H16BNO/c1-6(2)8-7(3,4)10-5-9/h5-6,8-9H,1-4H3. The molecule has 0 bridgehead atoms. The fourth-order valence-electron chi connectivity index (χ4n) is 1.19. The van der Waals surface area contributed by atoms with Gasteiger partial charge in [-0.3, -0.25) is 5.41 Å². The van der Waals surface area contributed by atoms with E-state index in [1.54, 1.807) is 0 Å². The molecule has 0 heterocycles. The quantitative estimate of drug-likeness (QED) is 0.360. The summed E-state index contributed by atoms with van der Waals surface area (Å²) in [5.41, 5.74) is -0.171. The molecule has 0 spiro atoms. The fourth-order valence-corrected chi connectivity index (χ4v) is 1.19. The Morgan fingerprint density at radius 1 is 1.50 bits per heavy atom. The molecule has 0 aromatic carbocycles. The molecule has 0 unspecified atom stereocenters. The highest BCUT2D eigenvalue weighted by molar-refractivity contribution is 6.41. The van der Waals surface area contributed by atoms with Crippen molar-refractivity contribution in [3.63, 3.8) is 0 Å². The van der Waals surface area contributed by atoms with Crippen LogP contribution in [0.1, 0.15) is 27.7 Å². The zero-order valence-electron chi connectivity index (χ0n) is 7.27. The fraction of sp³-hybridized carbons (Fsp3) is 0.857. The Hall–Kier alpha value is -0.465. The second-order valence-corrected chi connectivity index (χ2v) is 3.59. The molecule has 3 heteroatoms. The molecule has 0 amide bonds. The maximum absolute atomic E-state index is 6.76. The van der Waals surface area contributed by atoms with Crippen molar-refractivity contribution in [2.75, 3.05) is 0 Å². The summed E-state index contributed by atoms with van der Waals surface area (Å²) in [6.07, 6.45) is 1.02. The van der Waals surface area contributed by atoms with Gasteiger partial charge in [0, 0.05) is 0 Å². The Bertz CT molecular complexity index is 112. The number of hydrogen-bond donors (Lipinski definition) is 1.